The number of rotatable bonds is 7. The number of hydrogen-bond acceptors (Lipinski definition) is 5. The van der Waals surface area contributed by atoms with Gasteiger partial charge in [0.05, 0.1) is 36.3 Å². The zero-order valence-electron chi connectivity index (χ0n) is 21.2. The molecular weight excluding hydrogens is 445 g/mol. The van der Waals surface area contributed by atoms with Gasteiger partial charge in [0.15, 0.2) is 0 Å². The van der Waals surface area contributed by atoms with Crippen LogP contribution < -0.4 is 4.90 Å². The number of aliphatic imine (C=N–C) groups is 1. The maximum Gasteiger partial charge on any atom is 0.243 e. The summed E-state index contributed by atoms with van der Waals surface area (Å²) in [5.74, 6) is 1.05. The number of carbonyl (C=O) groups excluding carboxylic acids is 1. The van der Waals surface area contributed by atoms with Crippen molar-refractivity contribution in [2.75, 3.05) is 38.3 Å². The van der Waals surface area contributed by atoms with E-state index in [4.69, 9.17) is 9.73 Å². The Morgan fingerprint density at radius 2 is 2.06 bits per heavy atom. The molecule has 1 aromatic heterocycles. The first-order valence-corrected chi connectivity index (χ1v) is 12.9. The number of aromatic amines is 1. The molecule has 8 heteroatoms. The summed E-state index contributed by atoms with van der Waals surface area (Å²) in [7, 11) is 1.64. The molecule has 1 N–H and O–H groups in total. The predicted molar refractivity (Wildman–Crippen MR) is 135 cm³/mol. The van der Waals surface area contributed by atoms with Gasteiger partial charge < -0.3 is 9.64 Å². The van der Waals surface area contributed by atoms with Crippen molar-refractivity contribution in [1.82, 2.24) is 15.1 Å². The first kappa shape index (κ1) is 24.1. The van der Waals surface area contributed by atoms with E-state index >= 15 is 4.39 Å². The Balaban J connectivity index is 1.45. The highest BCUT2D eigenvalue weighted by molar-refractivity contribution is 6.02. The van der Waals surface area contributed by atoms with E-state index in [0.717, 1.165) is 54.5 Å². The molecule has 1 saturated carbocycles. The fraction of sp³-hybridized carbons (Fsp3) is 0.593. The molecule has 3 atom stereocenters. The van der Waals surface area contributed by atoms with Crippen molar-refractivity contribution in [2.24, 2.45) is 16.8 Å². The monoisotopic (exact) mass is 481 g/mol. The van der Waals surface area contributed by atoms with Crippen molar-refractivity contribution in [3.05, 3.63) is 40.5 Å². The summed E-state index contributed by atoms with van der Waals surface area (Å²) in [4.78, 5) is 21.8. The lowest BCUT2D eigenvalue weighted by Crippen LogP contribution is -2.50. The van der Waals surface area contributed by atoms with Crippen molar-refractivity contribution in [3.8, 4) is 0 Å². The number of carbonyl (C=O) groups is 1. The highest BCUT2D eigenvalue weighted by atomic mass is 19.1. The van der Waals surface area contributed by atoms with Gasteiger partial charge in [-0.15, -0.1) is 0 Å². The topological polar surface area (TPSA) is 73.8 Å². The Kier molecular flexibility index (Phi) is 6.77. The summed E-state index contributed by atoms with van der Waals surface area (Å²) in [5, 5.41) is 7.93. The zero-order chi connectivity index (χ0) is 24.7. The molecule has 0 radical (unpaired) electrons. The number of halogens is 1. The van der Waals surface area contributed by atoms with Crippen LogP contribution in [0.5, 0.6) is 0 Å². The molecule has 3 unspecified atom stereocenters. The fourth-order valence-electron chi connectivity index (χ4n) is 5.52. The van der Waals surface area contributed by atoms with E-state index in [1.807, 2.05) is 13.8 Å². The number of H-pyrrole nitrogens is 1. The number of benzene rings is 1. The van der Waals surface area contributed by atoms with Gasteiger partial charge >= 0.3 is 0 Å². The number of amides is 1. The molecular formula is C27H36FN5O2. The number of hydrogen-bond donors (Lipinski definition) is 1. The van der Waals surface area contributed by atoms with Crippen LogP contribution in [0.25, 0.3) is 0 Å². The highest BCUT2D eigenvalue weighted by Gasteiger charge is 2.43. The summed E-state index contributed by atoms with van der Waals surface area (Å²) < 4.78 is 20.5. The van der Waals surface area contributed by atoms with Gasteiger partial charge in [0.1, 0.15) is 11.5 Å². The van der Waals surface area contributed by atoms with E-state index in [0.29, 0.717) is 32.0 Å². The fourth-order valence-corrected chi connectivity index (χ4v) is 5.52. The number of anilines is 1. The highest BCUT2D eigenvalue weighted by Crippen LogP contribution is 2.48. The van der Waals surface area contributed by atoms with Crippen LogP contribution in [0.2, 0.25) is 0 Å². The average molecular weight is 482 g/mol. The molecule has 188 valence electrons. The molecule has 7 nitrogen and oxygen atoms in total. The number of aryl methyl sites for hydroxylation is 1. The minimum Gasteiger partial charge on any atom is -0.379 e. The van der Waals surface area contributed by atoms with Crippen LogP contribution in [0.3, 0.4) is 0 Å². The van der Waals surface area contributed by atoms with Crippen LogP contribution in [0.1, 0.15) is 55.6 Å². The number of nitrogens with one attached hydrogen (secondary N) is 1. The maximum atomic E-state index is 15.1. The van der Waals surface area contributed by atoms with E-state index in [9.17, 15) is 4.79 Å². The summed E-state index contributed by atoms with van der Waals surface area (Å²) >= 11 is 0. The summed E-state index contributed by atoms with van der Waals surface area (Å²) in [6.45, 7) is 8.48. The number of morpholine rings is 1. The van der Waals surface area contributed by atoms with Crippen LogP contribution >= 0.6 is 0 Å². The first-order valence-electron chi connectivity index (χ1n) is 12.9. The Morgan fingerprint density at radius 1 is 1.31 bits per heavy atom. The van der Waals surface area contributed by atoms with Crippen LogP contribution in [-0.2, 0) is 22.4 Å². The van der Waals surface area contributed by atoms with E-state index in [-0.39, 0.29) is 17.6 Å². The van der Waals surface area contributed by atoms with Crippen molar-refractivity contribution in [3.63, 3.8) is 0 Å². The molecule has 1 aliphatic heterocycles. The molecule has 2 aliphatic carbocycles. The van der Waals surface area contributed by atoms with Crippen LogP contribution in [0, 0.1) is 24.6 Å². The van der Waals surface area contributed by atoms with Gasteiger partial charge in [-0.3, -0.25) is 19.8 Å². The van der Waals surface area contributed by atoms with E-state index in [2.05, 4.69) is 22.0 Å². The molecule has 35 heavy (non-hydrogen) atoms. The normalized spacial score (nSPS) is 22.9. The molecule has 2 fully saturated rings. The molecule has 1 amide bonds. The summed E-state index contributed by atoms with van der Waals surface area (Å²) in [6.07, 6.45) is 5.20. The van der Waals surface area contributed by atoms with Gasteiger partial charge in [0.2, 0.25) is 5.91 Å². The SMILES string of the molecule is CCC/C(=N\c1cc(N(C)C(=O)C(C)N2CCOCC2)c(F)cc1C)c1n[nH]c2c1CC1CC1C2. The molecule has 0 spiro atoms. The van der Waals surface area contributed by atoms with Gasteiger partial charge in [0, 0.05) is 31.4 Å². The third kappa shape index (κ3) is 4.78. The molecule has 5 rings (SSSR count). The first-order chi connectivity index (χ1) is 16.9. The Hall–Kier alpha value is -2.58. The number of ether oxygens (including phenoxy) is 1. The Labute approximate surface area is 206 Å². The van der Waals surface area contributed by atoms with E-state index in [1.54, 1.807) is 13.1 Å². The standard InChI is InChI=1S/C27H36FN5O2/c1-5-6-22(26-20-13-18-12-19(18)14-24(20)30-31-26)29-23-15-25(21(28)11-16(23)2)32(4)27(34)17(3)33-7-9-35-10-8-33/h11,15,17-19H,5-10,12-14H2,1-4H3,(H,30,31)/b29-22+. The van der Waals surface area contributed by atoms with E-state index < -0.39 is 5.82 Å². The molecule has 0 bridgehead atoms. The number of fused-ring (bicyclic) bond motifs is 2. The smallest absolute Gasteiger partial charge is 0.243 e. The van der Waals surface area contributed by atoms with E-state index in [1.165, 1.54) is 28.6 Å². The lowest BCUT2D eigenvalue weighted by atomic mass is 9.93. The minimum atomic E-state index is -0.416. The molecule has 3 aliphatic rings. The third-order valence-corrected chi connectivity index (χ3v) is 7.88. The zero-order valence-corrected chi connectivity index (χ0v) is 21.2. The van der Waals surface area contributed by atoms with Gasteiger partial charge in [-0.25, -0.2) is 4.39 Å². The van der Waals surface area contributed by atoms with Crippen molar-refractivity contribution < 1.29 is 13.9 Å². The molecule has 1 saturated heterocycles. The second kappa shape index (κ2) is 9.82. The second-order valence-corrected chi connectivity index (χ2v) is 10.3. The van der Waals surface area contributed by atoms with Crippen LogP contribution in [0.4, 0.5) is 15.8 Å². The quantitative estimate of drug-likeness (QED) is 0.602. The van der Waals surface area contributed by atoms with Gasteiger partial charge in [0.25, 0.3) is 0 Å². The van der Waals surface area contributed by atoms with Gasteiger partial charge in [-0.05, 0) is 69.1 Å². The second-order valence-electron chi connectivity index (χ2n) is 10.3. The van der Waals surface area contributed by atoms with Crippen LogP contribution in [0.15, 0.2) is 17.1 Å². The summed E-state index contributed by atoms with van der Waals surface area (Å²) in [6, 6.07) is 2.84. The van der Waals surface area contributed by atoms with Crippen LogP contribution in [-0.4, -0.2) is 66.1 Å². The molecule has 2 aromatic rings. The number of nitrogens with zero attached hydrogens (tertiary/aromatic N) is 4. The number of aromatic nitrogens is 2. The summed E-state index contributed by atoms with van der Waals surface area (Å²) in [5.41, 5.74) is 6.13. The molecule has 2 heterocycles. The number of likely N-dealkylation sites (N-methyl/N-ethyl adjacent to an activating group) is 1. The molecule has 1 aromatic carbocycles. The van der Waals surface area contributed by atoms with Gasteiger partial charge in [-0.2, -0.15) is 5.10 Å². The predicted octanol–water partition coefficient (Wildman–Crippen LogP) is 4.20. The van der Waals surface area contributed by atoms with Crippen molar-refractivity contribution >= 4 is 23.0 Å². The largest absolute Gasteiger partial charge is 0.379 e. The lowest BCUT2D eigenvalue weighted by molar-refractivity contribution is -0.124. The minimum absolute atomic E-state index is 0.140. The maximum absolute atomic E-state index is 15.1. The Morgan fingerprint density at radius 3 is 2.80 bits per heavy atom. The third-order valence-electron chi connectivity index (χ3n) is 7.88. The average Bonchev–Trinajstić information content (AvgIpc) is 3.51. The van der Waals surface area contributed by atoms with Gasteiger partial charge in [-0.1, -0.05) is 13.3 Å². The van der Waals surface area contributed by atoms with Crippen molar-refractivity contribution in [2.45, 2.75) is 58.9 Å². The van der Waals surface area contributed by atoms with Crippen molar-refractivity contribution in [1.29, 1.82) is 0 Å². The Bertz CT molecular complexity index is 1140. The lowest BCUT2D eigenvalue weighted by Gasteiger charge is -2.33.